The number of nitrogens with two attached hydrogens (primary N) is 2. The molecule has 3 rings (SSSR count). The van der Waals surface area contributed by atoms with Crippen molar-refractivity contribution >= 4 is 0 Å². The Morgan fingerprint density at radius 2 is 1.00 bits per heavy atom. The van der Waals surface area contributed by atoms with E-state index in [9.17, 15) is 0 Å². The first-order chi connectivity index (χ1) is 10.8. The molecule has 0 saturated carbocycles. The molecule has 4 nitrogen and oxygen atoms in total. The van der Waals surface area contributed by atoms with Gasteiger partial charge in [-0.2, -0.15) is 0 Å². The van der Waals surface area contributed by atoms with Crippen LogP contribution in [0.25, 0.3) is 0 Å². The third-order valence-corrected chi connectivity index (χ3v) is 3.67. The third kappa shape index (κ3) is 3.03. The number of hydrogen-bond donors (Lipinski definition) is 2. The lowest BCUT2D eigenvalue weighted by atomic mass is 9.98. The Hall–Kier alpha value is -2.56. The summed E-state index contributed by atoms with van der Waals surface area (Å²) in [5.41, 5.74) is 16.2. The van der Waals surface area contributed by atoms with Crippen LogP contribution in [0, 0.1) is 0 Å². The molecule has 0 aliphatic rings. The molecule has 0 aliphatic heterocycles. The predicted octanol–water partition coefficient (Wildman–Crippen LogP) is 2.57. The lowest BCUT2D eigenvalue weighted by Gasteiger charge is -2.15. The van der Waals surface area contributed by atoms with E-state index in [0.29, 0.717) is 0 Å². The first-order valence-corrected chi connectivity index (χ1v) is 7.18. The molecule has 110 valence electrons. The van der Waals surface area contributed by atoms with Crippen LogP contribution < -0.4 is 11.5 Å². The van der Waals surface area contributed by atoms with E-state index in [-0.39, 0.29) is 12.1 Å². The number of benzene rings is 1. The summed E-state index contributed by atoms with van der Waals surface area (Å²) in [5, 5.41) is 0. The number of aromatic nitrogens is 2. The van der Waals surface area contributed by atoms with Gasteiger partial charge >= 0.3 is 0 Å². The largest absolute Gasteiger partial charge is 0.319 e. The van der Waals surface area contributed by atoms with Gasteiger partial charge < -0.3 is 11.5 Å². The van der Waals surface area contributed by atoms with Crippen molar-refractivity contribution in [3.63, 3.8) is 0 Å². The highest BCUT2D eigenvalue weighted by molar-refractivity contribution is 5.34. The van der Waals surface area contributed by atoms with Crippen LogP contribution in [0.2, 0.25) is 0 Å². The van der Waals surface area contributed by atoms with Gasteiger partial charge in [0.2, 0.25) is 0 Å². The molecule has 0 aliphatic carbocycles. The van der Waals surface area contributed by atoms with Gasteiger partial charge in [0.15, 0.2) is 0 Å². The summed E-state index contributed by atoms with van der Waals surface area (Å²) in [4.78, 5) is 8.60. The van der Waals surface area contributed by atoms with Gasteiger partial charge in [-0.25, -0.2) is 0 Å². The van der Waals surface area contributed by atoms with Crippen molar-refractivity contribution in [1.29, 1.82) is 0 Å². The highest BCUT2D eigenvalue weighted by Crippen LogP contribution is 2.22. The monoisotopic (exact) mass is 290 g/mol. The average Bonchev–Trinajstić information content (AvgIpc) is 2.62. The van der Waals surface area contributed by atoms with Crippen molar-refractivity contribution < 1.29 is 0 Å². The van der Waals surface area contributed by atoms with Crippen LogP contribution in [0.3, 0.4) is 0 Å². The minimum Gasteiger partial charge on any atom is -0.319 e. The fourth-order valence-electron chi connectivity index (χ4n) is 2.37. The van der Waals surface area contributed by atoms with Gasteiger partial charge in [-0.15, -0.1) is 0 Å². The Bertz CT molecular complexity index is 647. The summed E-state index contributed by atoms with van der Waals surface area (Å²) in [6, 6.07) is 19.0. The standard InChI is InChI=1S/C18H18N4/c19-17(15-5-1-3-11-21-15)13-7-9-14(10-8-13)18(20)16-6-2-4-12-22-16/h1-12,17-18H,19-20H2. The Balaban J connectivity index is 1.81. The zero-order valence-corrected chi connectivity index (χ0v) is 12.1. The topological polar surface area (TPSA) is 77.8 Å². The second kappa shape index (κ2) is 6.47. The first-order valence-electron chi connectivity index (χ1n) is 7.18. The number of rotatable bonds is 4. The molecule has 2 atom stereocenters. The lowest BCUT2D eigenvalue weighted by molar-refractivity contribution is 0.811. The van der Waals surface area contributed by atoms with Crippen molar-refractivity contribution in [1.82, 2.24) is 9.97 Å². The fourth-order valence-corrected chi connectivity index (χ4v) is 2.37. The highest BCUT2D eigenvalue weighted by atomic mass is 14.8. The van der Waals surface area contributed by atoms with Gasteiger partial charge in [0, 0.05) is 12.4 Å². The summed E-state index contributed by atoms with van der Waals surface area (Å²) in [6.45, 7) is 0. The fraction of sp³-hybridized carbons (Fsp3) is 0.111. The van der Waals surface area contributed by atoms with Crippen molar-refractivity contribution in [2.24, 2.45) is 11.5 Å². The van der Waals surface area contributed by atoms with E-state index in [2.05, 4.69) is 9.97 Å². The highest BCUT2D eigenvalue weighted by Gasteiger charge is 2.13. The van der Waals surface area contributed by atoms with E-state index in [1.165, 1.54) is 0 Å². The van der Waals surface area contributed by atoms with Crippen LogP contribution in [0.4, 0.5) is 0 Å². The molecule has 2 heterocycles. The Kier molecular flexibility index (Phi) is 4.23. The molecule has 4 N–H and O–H groups in total. The van der Waals surface area contributed by atoms with E-state index in [4.69, 9.17) is 11.5 Å². The number of nitrogens with zero attached hydrogens (tertiary/aromatic N) is 2. The normalized spacial score (nSPS) is 13.5. The molecule has 4 heteroatoms. The van der Waals surface area contributed by atoms with E-state index in [1.807, 2.05) is 60.7 Å². The summed E-state index contributed by atoms with van der Waals surface area (Å²) in [7, 11) is 0. The van der Waals surface area contributed by atoms with Gasteiger partial charge in [0.05, 0.1) is 23.5 Å². The summed E-state index contributed by atoms with van der Waals surface area (Å²) >= 11 is 0. The quantitative estimate of drug-likeness (QED) is 0.774. The Labute approximate surface area is 129 Å². The van der Waals surface area contributed by atoms with Gasteiger partial charge in [0.25, 0.3) is 0 Å². The van der Waals surface area contributed by atoms with Gasteiger partial charge in [0.1, 0.15) is 0 Å². The van der Waals surface area contributed by atoms with E-state index >= 15 is 0 Å². The Morgan fingerprint density at radius 3 is 1.32 bits per heavy atom. The molecule has 0 spiro atoms. The summed E-state index contributed by atoms with van der Waals surface area (Å²) in [6.07, 6.45) is 3.50. The molecular weight excluding hydrogens is 272 g/mol. The minimum absolute atomic E-state index is 0.235. The maximum absolute atomic E-state index is 6.25. The first kappa shape index (κ1) is 14.4. The molecule has 2 aromatic heterocycles. The Morgan fingerprint density at radius 1 is 0.591 bits per heavy atom. The average molecular weight is 290 g/mol. The summed E-state index contributed by atoms with van der Waals surface area (Å²) < 4.78 is 0. The van der Waals surface area contributed by atoms with Crippen LogP contribution in [0.5, 0.6) is 0 Å². The lowest BCUT2D eigenvalue weighted by Crippen LogP contribution is -2.15. The van der Waals surface area contributed by atoms with Crippen molar-refractivity contribution in [2.45, 2.75) is 12.1 Å². The van der Waals surface area contributed by atoms with Crippen molar-refractivity contribution in [2.75, 3.05) is 0 Å². The number of pyridine rings is 2. The molecule has 1 aromatic carbocycles. The second-order valence-corrected chi connectivity index (χ2v) is 5.13. The van der Waals surface area contributed by atoms with Gasteiger partial charge in [-0.1, -0.05) is 36.4 Å². The van der Waals surface area contributed by atoms with E-state index < -0.39 is 0 Å². The zero-order chi connectivity index (χ0) is 15.4. The molecule has 0 amide bonds. The van der Waals surface area contributed by atoms with E-state index in [1.54, 1.807) is 12.4 Å². The molecule has 22 heavy (non-hydrogen) atoms. The summed E-state index contributed by atoms with van der Waals surface area (Å²) in [5.74, 6) is 0. The van der Waals surface area contributed by atoms with Gasteiger partial charge in [-0.05, 0) is 35.4 Å². The molecule has 3 aromatic rings. The minimum atomic E-state index is -0.235. The van der Waals surface area contributed by atoms with Crippen LogP contribution in [-0.2, 0) is 0 Å². The van der Waals surface area contributed by atoms with Crippen LogP contribution in [0.15, 0.2) is 73.1 Å². The van der Waals surface area contributed by atoms with Crippen molar-refractivity contribution in [3.05, 3.63) is 95.6 Å². The zero-order valence-electron chi connectivity index (χ0n) is 12.1. The van der Waals surface area contributed by atoms with Crippen molar-refractivity contribution in [3.8, 4) is 0 Å². The van der Waals surface area contributed by atoms with Crippen LogP contribution in [0.1, 0.15) is 34.6 Å². The molecule has 0 bridgehead atoms. The van der Waals surface area contributed by atoms with Gasteiger partial charge in [-0.3, -0.25) is 9.97 Å². The molecule has 0 saturated heterocycles. The number of hydrogen-bond acceptors (Lipinski definition) is 4. The smallest absolute Gasteiger partial charge is 0.0726 e. The molecular formula is C18H18N4. The van der Waals surface area contributed by atoms with Crippen LogP contribution >= 0.6 is 0 Å². The van der Waals surface area contributed by atoms with Crippen LogP contribution in [-0.4, -0.2) is 9.97 Å². The SMILES string of the molecule is NC(c1ccc(C(N)c2ccccn2)cc1)c1ccccn1. The second-order valence-electron chi connectivity index (χ2n) is 5.13. The van der Waals surface area contributed by atoms with E-state index in [0.717, 1.165) is 22.5 Å². The molecule has 0 radical (unpaired) electrons. The maximum atomic E-state index is 6.25. The maximum Gasteiger partial charge on any atom is 0.0726 e. The predicted molar refractivity (Wildman–Crippen MR) is 87.0 cm³/mol. The third-order valence-electron chi connectivity index (χ3n) is 3.67. The molecule has 0 fully saturated rings. The molecule has 2 unspecified atom stereocenters.